The highest BCUT2D eigenvalue weighted by molar-refractivity contribution is 5.94. The summed E-state index contributed by atoms with van der Waals surface area (Å²) in [4.78, 5) is 28.9. The predicted molar refractivity (Wildman–Crippen MR) is 65.2 cm³/mol. The van der Waals surface area contributed by atoms with Gasteiger partial charge in [0.2, 0.25) is 0 Å². The quantitative estimate of drug-likeness (QED) is 0.857. The number of amides is 1. The van der Waals surface area contributed by atoms with Crippen molar-refractivity contribution in [3.63, 3.8) is 0 Å². The van der Waals surface area contributed by atoms with Gasteiger partial charge in [-0.15, -0.1) is 0 Å². The van der Waals surface area contributed by atoms with Gasteiger partial charge in [0.25, 0.3) is 5.91 Å². The first-order valence-electron chi connectivity index (χ1n) is 5.88. The van der Waals surface area contributed by atoms with Crippen LogP contribution in [0.5, 0.6) is 0 Å². The number of aryl methyl sites for hydroxylation is 1. The molecule has 0 saturated carbocycles. The van der Waals surface area contributed by atoms with Crippen LogP contribution in [-0.2, 0) is 4.79 Å². The first-order valence-corrected chi connectivity index (χ1v) is 5.88. The Morgan fingerprint density at radius 3 is 2.67 bits per heavy atom. The molecule has 1 N–H and O–H groups in total. The van der Waals surface area contributed by atoms with Crippen LogP contribution < -0.4 is 0 Å². The van der Waals surface area contributed by atoms with Crippen molar-refractivity contribution < 1.29 is 14.7 Å². The van der Waals surface area contributed by atoms with E-state index in [2.05, 4.69) is 4.98 Å². The Bertz CT molecular complexity index is 484. The number of pyridine rings is 1. The van der Waals surface area contributed by atoms with Crippen LogP contribution in [0.1, 0.15) is 29.4 Å². The highest BCUT2D eigenvalue weighted by atomic mass is 16.4. The maximum Gasteiger partial charge on any atom is 0.311 e. The summed E-state index contributed by atoms with van der Waals surface area (Å²) in [5.41, 5.74) is 0.534. The number of rotatable bonds is 2. The van der Waals surface area contributed by atoms with Crippen LogP contribution in [-0.4, -0.2) is 40.0 Å². The van der Waals surface area contributed by atoms with Gasteiger partial charge in [-0.3, -0.25) is 14.6 Å². The summed E-state index contributed by atoms with van der Waals surface area (Å²) in [6.07, 6.45) is 2.03. The highest BCUT2D eigenvalue weighted by Crippen LogP contribution is 2.30. The van der Waals surface area contributed by atoms with Gasteiger partial charge in [-0.25, -0.2) is 0 Å². The summed E-state index contributed by atoms with van der Waals surface area (Å²) >= 11 is 0. The van der Waals surface area contributed by atoms with Crippen molar-refractivity contribution in [3.8, 4) is 0 Å². The van der Waals surface area contributed by atoms with Crippen LogP contribution in [0.2, 0.25) is 0 Å². The monoisotopic (exact) mass is 248 g/mol. The zero-order chi connectivity index (χ0) is 13.3. The van der Waals surface area contributed by atoms with Gasteiger partial charge in [0.15, 0.2) is 0 Å². The Morgan fingerprint density at radius 2 is 2.17 bits per heavy atom. The van der Waals surface area contributed by atoms with Crippen LogP contribution >= 0.6 is 0 Å². The Hall–Kier alpha value is -1.91. The summed E-state index contributed by atoms with van der Waals surface area (Å²) < 4.78 is 0. The normalized spacial score (nSPS) is 23.1. The molecule has 18 heavy (non-hydrogen) atoms. The van der Waals surface area contributed by atoms with Gasteiger partial charge in [-0.2, -0.15) is 0 Å². The Balaban J connectivity index is 2.12. The van der Waals surface area contributed by atoms with Crippen LogP contribution in [0.25, 0.3) is 0 Å². The zero-order valence-electron chi connectivity index (χ0n) is 10.5. The summed E-state index contributed by atoms with van der Waals surface area (Å²) in [5, 5.41) is 9.13. The lowest BCUT2D eigenvalue weighted by atomic mass is 9.90. The van der Waals surface area contributed by atoms with E-state index in [4.69, 9.17) is 5.11 Å². The standard InChI is InChI=1S/C13H16N2O3/c1-9-3-4-10(7-14-9)11(16)15-6-5-13(2,8-15)12(17)18/h3-4,7H,5-6,8H2,1-2H3,(H,17,18)/t13-/m1/s1. The Kier molecular flexibility index (Phi) is 3.07. The Morgan fingerprint density at radius 1 is 1.44 bits per heavy atom. The third-order valence-electron chi connectivity index (χ3n) is 3.44. The molecule has 1 aliphatic rings. The second-order valence-electron chi connectivity index (χ2n) is 5.03. The minimum atomic E-state index is -0.847. The van der Waals surface area contributed by atoms with Crippen molar-refractivity contribution in [3.05, 3.63) is 29.6 Å². The molecule has 1 saturated heterocycles. The number of nitrogens with zero attached hydrogens (tertiary/aromatic N) is 2. The van der Waals surface area contributed by atoms with Gasteiger partial charge in [-0.05, 0) is 32.4 Å². The van der Waals surface area contributed by atoms with Crippen molar-refractivity contribution in [2.24, 2.45) is 5.41 Å². The lowest BCUT2D eigenvalue weighted by Gasteiger charge is -2.20. The number of aliphatic carboxylic acids is 1. The smallest absolute Gasteiger partial charge is 0.311 e. The molecule has 2 heterocycles. The maximum atomic E-state index is 12.2. The average molecular weight is 248 g/mol. The van der Waals surface area contributed by atoms with E-state index in [9.17, 15) is 9.59 Å². The largest absolute Gasteiger partial charge is 0.481 e. The third-order valence-corrected chi connectivity index (χ3v) is 3.44. The molecule has 1 fully saturated rings. The SMILES string of the molecule is Cc1ccc(C(=O)N2CC[C@@](C)(C(=O)O)C2)cn1. The molecule has 96 valence electrons. The molecule has 0 spiro atoms. The number of aromatic nitrogens is 1. The number of likely N-dealkylation sites (tertiary alicyclic amines) is 1. The summed E-state index contributed by atoms with van der Waals surface area (Å²) in [7, 11) is 0. The topological polar surface area (TPSA) is 70.5 Å². The van der Waals surface area contributed by atoms with Gasteiger partial charge in [-0.1, -0.05) is 0 Å². The van der Waals surface area contributed by atoms with E-state index in [0.717, 1.165) is 5.69 Å². The minimum Gasteiger partial charge on any atom is -0.481 e. The van der Waals surface area contributed by atoms with Crippen LogP contribution in [0.15, 0.2) is 18.3 Å². The van der Waals surface area contributed by atoms with E-state index in [1.807, 2.05) is 6.92 Å². The average Bonchev–Trinajstić information content (AvgIpc) is 2.73. The van der Waals surface area contributed by atoms with Crippen molar-refractivity contribution >= 4 is 11.9 Å². The Labute approximate surface area is 105 Å². The molecule has 5 nitrogen and oxygen atoms in total. The zero-order valence-corrected chi connectivity index (χ0v) is 10.5. The second kappa shape index (κ2) is 4.40. The lowest BCUT2D eigenvalue weighted by molar-refractivity contribution is -0.147. The molecule has 1 aromatic rings. The number of hydrogen-bond donors (Lipinski definition) is 1. The molecule has 5 heteroatoms. The van der Waals surface area contributed by atoms with E-state index in [1.165, 1.54) is 6.20 Å². The third kappa shape index (κ3) is 2.20. The fourth-order valence-electron chi connectivity index (χ4n) is 2.09. The van der Waals surface area contributed by atoms with E-state index in [1.54, 1.807) is 24.0 Å². The molecular weight excluding hydrogens is 232 g/mol. The fourth-order valence-corrected chi connectivity index (χ4v) is 2.09. The number of carboxylic acids is 1. The molecule has 1 aliphatic heterocycles. The second-order valence-corrected chi connectivity index (χ2v) is 5.03. The fraction of sp³-hybridized carbons (Fsp3) is 0.462. The first-order chi connectivity index (χ1) is 8.42. The number of carbonyl (C=O) groups is 2. The minimum absolute atomic E-state index is 0.146. The van der Waals surface area contributed by atoms with Gasteiger partial charge < -0.3 is 10.0 Å². The van der Waals surface area contributed by atoms with E-state index < -0.39 is 11.4 Å². The van der Waals surface area contributed by atoms with E-state index in [0.29, 0.717) is 18.5 Å². The van der Waals surface area contributed by atoms with Gasteiger partial charge in [0.1, 0.15) is 0 Å². The van der Waals surface area contributed by atoms with Crippen molar-refractivity contribution in [1.82, 2.24) is 9.88 Å². The van der Waals surface area contributed by atoms with Crippen molar-refractivity contribution in [2.45, 2.75) is 20.3 Å². The highest BCUT2D eigenvalue weighted by Gasteiger charge is 2.42. The van der Waals surface area contributed by atoms with Gasteiger partial charge in [0.05, 0.1) is 11.0 Å². The van der Waals surface area contributed by atoms with E-state index >= 15 is 0 Å². The molecule has 0 bridgehead atoms. The molecule has 0 aliphatic carbocycles. The molecule has 0 aromatic carbocycles. The van der Waals surface area contributed by atoms with Crippen molar-refractivity contribution in [1.29, 1.82) is 0 Å². The summed E-state index contributed by atoms with van der Waals surface area (Å²) in [6.45, 7) is 4.27. The van der Waals surface area contributed by atoms with Crippen LogP contribution in [0, 0.1) is 12.3 Å². The molecule has 0 unspecified atom stereocenters. The number of hydrogen-bond acceptors (Lipinski definition) is 3. The maximum absolute atomic E-state index is 12.2. The molecular formula is C13H16N2O3. The molecule has 1 amide bonds. The van der Waals surface area contributed by atoms with Crippen LogP contribution in [0.4, 0.5) is 0 Å². The van der Waals surface area contributed by atoms with Crippen LogP contribution in [0.3, 0.4) is 0 Å². The molecule has 1 atom stereocenters. The van der Waals surface area contributed by atoms with Crippen molar-refractivity contribution in [2.75, 3.05) is 13.1 Å². The summed E-state index contributed by atoms with van der Waals surface area (Å²) in [5.74, 6) is -0.993. The molecule has 2 rings (SSSR count). The van der Waals surface area contributed by atoms with Gasteiger partial charge in [0, 0.05) is 25.0 Å². The first kappa shape index (κ1) is 12.5. The summed E-state index contributed by atoms with van der Waals surface area (Å²) in [6, 6.07) is 3.50. The number of carboxylic acid groups (broad SMARTS) is 1. The van der Waals surface area contributed by atoms with Gasteiger partial charge >= 0.3 is 5.97 Å². The molecule has 0 radical (unpaired) electrons. The van der Waals surface area contributed by atoms with E-state index in [-0.39, 0.29) is 12.5 Å². The lowest BCUT2D eigenvalue weighted by Crippen LogP contribution is -2.34. The number of carbonyl (C=O) groups excluding carboxylic acids is 1. The predicted octanol–water partition coefficient (Wildman–Crippen LogP) is 1.33. The molecule has 1 aromatic heterocycles.